The molecule has 28 heavy (non-hydrogen) atoms. The molecule has 1 aliphatic heterocycles. The van der Waals surface area contributed by atoms with Crippen LogP contribution in [0, 0.1) is 5.92 Å². The number of likely N-dealkylation sites (tertiary alicyclic amines) is 1. The van der Waals surface area contributed by atoms with E-state index in [1.54, 1.807) is 0 Å². The molecule has 0 bridgehead atoms. The van der Waals surface area contributed by atoms with Crippen LogP contribution in [0.15, 0.2) is 48.5 Å². The second kappa shape index (κ2) is 9.05. The van der Waals surface area contributed by atoms with Crippen LogP contribution in [0.5, 0.6) is 0 Å². The van der Waals surface area contributed by atoms with Crippen LogP contribution >= 0.6 is 0 Å². The van der Waals surface area contributed by atoms with Crippen molar-refractivity contribution in [2.24, 2.45) is 5.92 Å². The molecule has 4 nitrogen and oxygen atoms in total. The van der Waals surface area contributed by atoms with Gasteiger partial charge in [-0.25, -0.2) is 0 Å². The van der Waals surface area contributed by atoms with E-state index >= 15 is 0 Å². The molecule has 1 aliphatic rings. The lowest BCUT2D eigenvalue weighted by Gasteiger charge is -2.17. The van der Waals surface area contributed by atoms with Gasteiger partial charge in [0.1, 0.15) is 0 Å². The number of carbonyl (C=O) groups excluding carboxylic acids is 2. The van der Waals surface area contributed by atoms with Crippen LogP contribution in [0.1, 0.15) is 66.7 Å². The highest BCUT2D eigenvalue weighted by Gasteiger charge is 2.20. The molecule has 0 aliphatic carbocycles. The third-order valence-electron chi connectivity index (χ3n) is 5.23. The van der Waals surface area contributed by atoms with Crippen molar-refractivity contribution in [2.75, 3.05) is 6.54 Å². The van der Waals surface area contributed by atoms with E-state index in [1.165, 1.54) is 5.56 Å². The summed E-state index contributed by atoms with van der Waals surface area (Å²) in [5.74, 6) is 0.771. The van der Waals surface area contributed by atoms with Gasteiger partial charge in [0.05, 0.1) is 6.04 Å². The van der Waals surface area contributed by atoms with Crippen molar-refractivity contribution in [2.45, 2.75) is 52.6 Å². The Kier molecular flexibility index (Phi) is 6.50. The van der Waals surface area contributed by atoms with Crippen molar-refractivity contribution < 1.29 is 9.59 Å². The molecule has 3 rings (SSSR count). The van der Waals surface area contributed by atoms with E-state index in [4.69, 9.17) is 0 Å². The van der Waals surface area contributed by atoms with Crippen LogP contribution in [0.25, 0.3) is 0 Å². The molecule has 4 heteroatoms. The largest absolute Gasteiger partial charge is 0.346 e. The number of nitrogens with one attached hydrogen (secondary N) is 1. The number of amides is 2. The molecular formula is C24H30N2O2. The van der Waals surface area contributed by atoms with Gasteiger partial charge in [-0.2, -0.15) is 0 Å². The van der Waals surface area contributed by atoms with Gasteiger partial charge in [-0.15, -0.1) is 0 Å². The van der Waals surface area contributed by atoms with Crippen LogP contribution in [-0.2, 0) is 17.8 Å². The summed E-state index contributed by atoms with van der Waals surface area (Å²) in [6.07, 6.45) is 2.66. The Morgan fingerprint density at radius 1 is 1.00 bits per heavy atom. The van der Waals surface area contributed by atoms with Crippen LogP contribution in [0.3, 0.4) is 0 Å². The first-order valence-electron chi connectivity index (χ1n) is 10.2. The van der Waals surface area contributed by atoms with Crippen molar-refractivity contribution in [1.29, 1.82) is 0 Å². The summed E-state index contributed by atoms with van der Waals surface area (Å²) in [4.78, 5) is 26.2. The molecule has 2 aromatic carbocycles. The molecule has 0 saturated carbocycles. The molecule has 1 atom stereocenters. The quantitative estimate of drug-likeness (QED) is 0.771. The second-order valence-corrected chi connectivity index (χ2v) is 8.15. The number of rotatable bonds is 7. The van der Waals surface area contributed by atoms with Crippen LogP contribution < -0.4 is 5.32 Å². The van der Waals surface area contributed by atoms with E-state index in [9.17, 15) is 9.59 Å². The van der Waals surface area contributed by atoms with Crippen molar-refractivity contribution in [3.8, 4) is 0 Å². The minimum Gasteiger partial charge on any atom is -0.346 e. The molecule has 0 radical (unpaired) electrons. The summed E-state index contributed by atoms with van der Waals surface area (Å²) in [5.41, 5.74) is 4.12. The number of carbonyl (C=O) groups is 2. The van der Waals surface area contributed by atoms with Gasteiger partial charge in [0, 0.05) is 25.1 Å². The molecule has 0 aromatic heterocycles. The van der Waals surface area contributed by atoms with Crippen LogP contribution in [0.4, 0.5) is 0 Å². The number of benzene rings is 2. The number of hydrogen-bond acceptors (Lipinski definition) is 2. The van der Waals surface area contributed by atoms with Gasteiger partial charge in [-0.1, -0.05) is 50.2 Å². The third-order valence-corrected chi connectivity index (χ3v) is 5.23. The lowest BCUT2D eigenvalue weighted by atomic mass is 10.00. The molecule has 0 spiro atoms. The molecule has 1 N–H and O–H groups in total. The Bertz CT molecular complexity index is 810. The van der Waals surface area contributed by atoms with Crippen molar-refractivity contribution in [3.05, 3.63) is 70.8 Å². The Morgan fingerprint density at radius 2 is 1.64 bits per heavy atom. The SMILES string of the molecule is CC(C)Cc1ccc([C@H](C)NC(=O)c2ccc(CN3CCCC3=O)cc2)cc1. The molecule has 1 heterocycles. The zero-order valence-electron chi connectivity index (χ0n) is 17.1. The van der Waals surface area contributed by atoms with Gasteiger partial charge in [-0.05, 0) is 54.5 Å². The third kappa shape index (κ3) is 5.22. The summed E-state index contributed by atoms with van der Waals surface area (Å²) in [6, 6.07) is 16.0. The maximum Gasteiger partial charge on any atom is 0.251 e. The van der Waals surface area contributed by atoms with Gasteiger partial charge in [-0.3, -0.25) is 9.59 Å². The summed E-state index contributed by atoms with van der Waals surface area (Å²) in [5, 5.41) is 3.07. The fraction of sp³-hybridized carbons (Fsp3) is 0.417. The second-order valence-electron chi connectivity index (χ2n) is 8.15. The van der Waals surface area contributed by atoms with Gasteiger partial charge >= 0.3 is 0 Å². The molecule has 2 aromatic rings. The van der Waals surface area contributed by atoms with Crippen molar-refractivity contribution in [1.82, 2.24) is 10.2 Å². The Morgan fingerprint density at radius 3 is 2.21 bits per heavy atom. The standard InChI is InChI=1S/C24H30N2O2/c1-17(2)15-19-6-10-21(11-7-19)18(3)25-24(28)22-12-8-20(9-13-22)16-26-14-4-5-23(26)27/h6-13,17-18H,4-5,14-16H2,1-3H3,(H,25,28)/t18-/m0/s1. The normalized spacial score (nSPS) is 15.1. The lowest BCUT2D eigenvalue weighted by Crippen LogP contribution is -2.27. The van der Waals surface area contributed by atoms with Gasteiger partial charge < -0.3 is 10.2 Å². The van der Waals surface area contributed by atoms with Gasteiger partial charge in [0.15, 0.2) is 0 Å². The fourth-order valence-electron chi connectivity index (χ4n) is 3.63. The minimum absolute atomic E-state index is 0.0532. The average Bonchev–Trinajstić information content (AvgIpc) is 3.07. The molecule has 1 saturated heterocycles. The van der Waals surface area contributed by atoms with E-state index < -0.39 is 0 Å². The summed E-state index contributed by atoms with van der Waals surface area (Å²) >= 11 is 0. The summed E-state index contributed by atoms with van der Waals surface area (Å²) in [6.45, 7) is 7.88. The number of hydrogen-bond donors (Lipinski definition) is 1. The molecule has 148 valence electrons. The molecular weight excluding hydrogens is 348 g/mol. The molecule has 1 fully saturated rings. The monoisotopic (exact) mass is 378 g/mol. The van der Waals surface area contributed by atoms with Gasteiger partial charge in [0.25, 0.3) is 5.91 Å². The van der Waals surface area contributed by atoms with E-state index in [1.807, 2.05) is 36.1 Å². The Labute approximate surface area is 167 Å². The van der Waals surface area contributed by atoms with E-state index in [0.29, 0.717) is 24.4 Å². The predicted molar refractivity (Wildman–Crippen MR) is 112 cm³/mol. The summed E-state index contributed by atoms with van der Waals surface area (Å²) in [7, 11) is 0. The van der Waals surface area contributed by atoms with Gasteiger partial charge in [0.2, 0.25) is 5.91 Å². The first-order chi connectivity index (χ1) is 13.4. The van der Waals surface area contributed by atoms with Crippen LogP contribution in [-0.4, -0.2) is 23.3 Å². The average molecular weight is 379 g/mol. The maximum absolute atomic E-state index is 12.6. The number of nitrogens with zero attached hydrogens (tertiary/aromatic N) is 1. The zero-order chi connectivity index (χ0) is 20.1. The Balaban J connectivity index is 1.57. The predicted octanol–water partition coefficient (Wildman–Crippen LogP) is 4.50. The van der Waals surface area contributed by atoms with Crippen molar-refractivity contribution >= 4 is 11.8 Å². The summed E-state index contributed by atoms with van der Waals surface area (Å²) < 4.78 is 0. The zero-order valence-corrected chi connectivity index (χ0v) is 17.1. The van der Waals surface area contributed by atoms with Crippen LogP contribution in [0.2, 0.25) is 0 Å². The van der Waals surface area contributed by atoms with E-state index in [-0.39, 0.29) is 17.9 Å². The highest BCUT2D eigenvalue weighted by atomic mass is 16.2. The van der Waals surface area contributed by atoms with Crippen molar-refractivity contribution in [3.63, 3.8) is 0 Å². The highest BCUT2D eigenvalue weighted by molar-refractivity contribution is 5.94. The highest BCUT2D eigenvalue weighted by Crippen LogP contribution is 2.17. The molecule has 2 amide bonds. The fourth-order valence-corrected chi connectivity index (χ4v) is 3.63. The first-order valence-corrected chi connectivity index (χ1v) is 10.2. The first kappa shape index (κ1) is 20.1. The van der Waals surface area contributed by atoms with E-state index in [0.717, 1.165) is 30.5 Å². The lowest BCUT2D eigenvalue weighted by molar-refractivity contribution is -0.128. The molecule has 0 unspecified atom stereocenters. The minimum atomic E-state index is -0.0810. The van der Waals surface area contributed by atoms with E-state index in [2.05, 4.69) is 43.4 Å². The Hall–Kier alpha value is -2.62. The smallest absolute Gasteiger partial charge is 0.251 e. The maximum atomic E-state index is 12.6. The topological polar surface area (TPSA) is 49.4 Å².